The SMILES string of the molecule is CCOC(=O)c1sc(-c2ccc3c(c2)OCO3)cc1NC(=O)[C@H]1CCS(=O)(=O)C1. The molecular weight excluding hydrogens is 418 g/mol. The number of carbonyl (C=O) groups is 2. The molecule has 1 aromatic heterocycles. The van der Waals surface area contributed by atoms with Crippen LogP contribution in [0.25, 0.3) is 10.4 Å². The summed E-state index contributed by atoms with van der Waals surface area (Å²) in [6, 6.07) is 7.11. The number of benzene rings is 1. The molecule has 1 amide bonds. The van der Waals surface area contributed by atoms with Gasteiger partial charge < -0.3 is 19.5 Å². The molecule has 2 aromatic rings. The van der Waals surface area contributed by atoms with E-state index in [0.29, 0.717) is 17.2 Å². The van der Waals surface area contributed by atoms with Gasteiger partial charge in [0.25, 0.3) is 0 Å². The molecule has 4 rings (SSSR count). The number of ether oxygens (including phenoxy) is 3. The van der Waals surface area contributed by atoms with Gasteiger partial charge in [0, 0.05) is 4.88 Å². The van der Waals surface area contributed by atoms with Crippen molar-refractivity contribution in [3.8, 4) is 21.9 Å². The lowest BCUT2D eigenvalue weighted by atomic mass is 10.1. The minimum atomic E-state index is -3.19. The van der Waals surface area contributed by atoms with Gasteiger partial charge in [-0.05, 0) is 43.2 Å². The quantitative estimate of drug-likeness (QED) is 0.717. The molecule has 0 radical (unpaired) electrons. The van der Waals surface area contributed by atoms with Crippen molar-refractivity contribution in [2.45, 2.75) is 13.3 Å². The lowest BCUT2D eigenvalue weighted by molar-refractivity contribution is -0.119. The molecule has 10 heteroatoms. The van der Waals surface area contributed by atoms with Crippen LogP contribution in [0.15, 0.2) is 24.3 Å². The second-order valence-corrected chi connectivity index (χ2v) is 10.0. The first-order valence-corrected chi connectivity index (χ1v) is 11.7. The second kappa shape index (κ2) is 7.68. The van der Waals surface area contributed by atoms with Crippen LogP contribution >= 0.6 is 11.3 Å². The van der Waals surface area contributed by atoms with Gasteiger partial charge in [-0.15, -0.1) is 11.3 Å². The van der Waals surface area contributed by atoms with Crippen LogP contribution in [0.2, 0.25) is 0 Å². The topological polar surface area (TPSA) is 108 Å². The number of rotatable bonds is 5. The Morgan fingerprint density at radius 1 is 1.24 bits per heavy atom. The maximum atomic E-state index is 12.6. The average Bonchev–Trinajstić information content (AvgIpc) is 3.39. The van der Waals surface area contributed by atoms with E-state index in [2.05, 4.69) is 5.32 Å². The third-order valence-electron chi connectivity index (χ3n) is 4.71. The first-order valence-electron chi connectivity index (χ1n) is 9.08. The van der Waals surface area contributed by atoms with Crippen molar-refractivity contribution in [1.82, 2.24) is 0 Å². The Hall–Kier alpha value is -2.59. The summed E-state index contributed by atoms with van der Waals surface area (Å²) in [5.41, 5.74) is 1.11. The van der Waals surface area contributed by atoms with Crippen LogP contribution in [0, 0.1) is 5.92 Å². The molecule has 8 nitrogen and oxygen atoms in total. The van der Waals surface area contributed by atoms with Gasteiger partial charge in [-0.3, -0.25) is 4.79 Å². The summed E-state index contributed by atoms with van der Waals surface area (Å²) in [7, 11) is -3.19. The van der Waals surface area contributed by atoms with Crippen LogP contribution in [0.5, 0.6) is 11.5 Å². The van der Waals surface area contributed by atoms with Gasteiger partial charge in [0.1, 0.15) is 4.88 Å². The number of fused-ring (bicyclic) bond motifs is 1. The summed E-state index contributed by atoms with van der Waals surface area (Å²) in [4.78, 5) is 26.0. The molecule has 29 heavy (non-hydrogen) atoms. The van der Waals surface area contributed by atoms with E-state index in [9.17, 15) is 18.0 Å². The van der Waals surface area contributed by atoms with Crippen LogP contribution in [0.3, 0.4) is 0 Å². The fraction of sp³-hybridized carbons (Fsp3) is 0.368. The molecule has 0 bridgehead atoms. The van der Waals surface area contributed by atoms with E-state index in [1.807, 2.05) is 6.07 Å². The number of sulfone groups is 1. The predicted octanol–water partition coefficient (Wildman–Crippen LogP) is 2.69. The third-order valence-corrected chi connectivity index (χ3v) is 7.64. The molecule has 0 unspecified atom stereocenters. The molecule has 1 N–H and O–H groups in total. The van der Waals surface area contributed by atoms with Gasteiger partial charge in [-0.1, -0.05) is 0 Å². The Balaban J connectivity index is 1.63. The van der Waals surface area contributed by atoms with Crippen LogP contribution in [-0.4, -0.2) is 45.2 Å². The lowest BCUT2D eigenvalue weighted by Crippen LogP contribution is -2.24. The van der Waals surface area contributed by atoms with Crippen molar-refractivity contribution < 1.29 is 32.2 Å². The fourth-order valence-corrected chi connectivity index (χ4v) is 6.01. The van der Waals surface area contributed by atoms with Crippen LogP contribution < -0.4 is 14.8 Å². The first-order chi connectivity index (χ1) is 13.9. The second-order valence-electron chi connectivity index (χ2n) is 6.73. The Bertz CT molecular complexity index is 1070. The van der Waals surface area contributed by atoms with E-state index in [-0.39, 0.29) is 36.2 Å². The highest BCUT2D eigenvalue weighted by Gasteiger charge is 2.34. The zero-order valence-corrected chi connectivity index (χ0v) is 17.2. The minimum Gasteiger partial charge on any atom is -0.462 e. The maximum Gasteiger partial charge on any atom is 0.350 e. The Morgan fingerprint density at radius 2 is 2.03 bits per heavy atom. The summed E-state index contributed by atoms with van der Waals surface area (Å²) in [6.07, 6.45) is 0.280. The van der Waals surface area contributed by atoms with Crippen molar-refractivity contribution in [2.24, 2.45) is 5.92 Å². The zero-order chi connectivity index (χ0) is 20.6. The average molecular weight is 437 g/mol. The van der Waals surface area contributed by atoms with Gasteiger partial charge in [0.15, 0.2) is 21.3 Å². The monoisotopic (exact) mass is 437 g/mol. The molecule has 1 atom stereocenters. The molecule has 2 aliphatic rings. The van der Waals surface area contributed by atoms with E-state index < -0.39 is 27.6 Å². The van der Waals surface area contributed by atoms with Gasteiger partial charge >= 0.3 is 5.97 Å². The summed E-state index contributed by atoms with van der Waals surface area (Å²) in [6.45, 7) is 2.05. The molecule has 3 heterocycles. The van der Waals surface area contributed by atoms with Crippen LogP contribution in [-0.2, 0) is 19.4 Å². The number of nitrogens with one attached hydrogen (secondary N) is 1. The van der Waals surface area contributed by atoms with Crippen molar-refractivity contribution in [2.75, 3.05) is 30.2 Å². The molecule has 0 spiro atoms. The maximum absolute atomic E-state index is 12.6. The van der Waals surface area contributed by atoms with Gasteiger partial charge in [0.05, 0.1) is 29.7 Å². The number of hydrogen-bond donors (Lipinski definition) is 1. The van der Waals surface area contributed by atoms with E-state index in [1.54, 1.807) is 25.1 Å². The molecule has 154 valence electrons. The van der Waals surface area contributed by atoms with E-state index in [1.165, 1.54) is 11.3 Å². The van der Waals surface area contributed by atoms with Gasteiger partial charge in [0.2, 0.25) is 12.7 Å². The highest BCUT2D eigenvalue weighted by atomic mass is 32.2. The third kappa shape index (κ3) is 4.08. The van der Waals surface area contributed by atoms with Crippen molar-refractivity contribution in [1.29, 1.82) is 0 Å². The highest BCUT2D eigenvalue weighted by Crippen LogP contribution is 2.40. The number of amides is 1. The normalized spacial score (nSPS) is 19.1. The van der Waals surface area contributed by atoms with E-state index >= 15 is 0 Å². The summed E-state index contributed by atoms with van der Waals surface area (Å²) in [5, 5.41) is 2.72. The molecule has 0 aliphatic carbocycles. The molecular formula is C19H19NO7S2. The standard InChI is InChI=1S/C19H19NO7S2/c1-2-25-19(22)17-13(20-18(21)12-5-6-29(23,24)9-12)8-16(28-17)11-3-4-14-15(7-11)27-10-26-14/h3-4,7-8,12H,2,5-6,9-10H2,1H3,(H,20,21)/t12-/m0/s1. The van der Waals surface area contributed by atoms with E-state index in [4.69, 9.17) is 14.2 Å². The van der Waals surface area contributed by atoms with Crippen LogP contribution in [0.1, 0.15) is 23.0 Å². The largest absolute Gasteiger partial charge is 0.462 e. The smallest absolute Gasteiger partial charge is 0.350 e. The number of carbonyl (C=O) groups excluding carboxylic acids is 2. The van der Waals surface area contributed by atoms with Crippen molar-refractivity contribution in [3.05, 3.63) is 29.1 Å². The van der Waals surface area contributed by atoms with E-state index in [0.717, 1.165) is 10.4 Å². The molecule has 1 saturated heterocycles. The molecule has 1 aromatic carbocycles. The Morgan fingerprint density at radius 3 is 2.76 bits per heavy atom. The number of thiophene rings is 1. The minimum absolute atomic E-state index is 0.00189. The summed E-state index contributed by atoms with van der Waals surface area (Å²) >= 11 is 1.19. The fourth-order valence-electron chi connectivity index (χ4n) is 3.26. The number of hydrogen-bond acceptors (Lipinski definition) is 8. The Labute approximate surface area is 171 Å². The molecule has 0 saturated carbocycles. The van der Waals surface area contributed by atoms with Crippen molar-refractivity contribution >= 4 is 38.7 Å². The lowest BCUT2D eigenvalue weighted by Gasteiger charge is -2.09. The molecule has 1 fully saturated rings. The Kier molecular flexibility index (Phi) is 5.22. The molecule has 2 aliphatic heterocycles. The van der Waals surface area contributed by atoms with Crippen molar-refractivity contribution in [3.63, 3.8) is 0 Å². The predicted molar refractivity (Wildman–Crippen MR) is 107 cm³/mol. The first kappa shape index (κ1) is 19.7. The zero-order valence-electron chi connectivity index (χ0n) is 15.6. The number of anilines is 1. The highest BCUT2D eigenvalue weighted by molar-refractivity contribution is 7.91. The summed E-state index contributed by atoms with van der Waals surface area (Å²) < 4.78 is 39.2. The van der Waals surface area contributed by atoms with Gasteiger partial charge in [-0.2, -0.15) is 0 Å². The van der Waals surface area contributed by atoms with Gasteiger partial charge in [-0.25, -0.2) is 13.2 Å². The number of esters is 1. The summed E-state index contributed by atoms with van der Waals surface area (Å²) in [5.74, 6) is -0.495. The van der Waals surface area contributed by atoms with Crippen LogP contribution in [0.4, 0.5) is 5.69 Å².